The smallest absolute Gasteiger partial charge is 0.325 e. The summed E-state index contributed by atoms with van der Waals surface area (Å²) in [6, 6.07) is 11.1. The van der Waals surface area contributed by atoms with Crippen molar-refractivity contribution in [1.29, 1.82) is 0 Å². The molecule has 7 nitrogen and oxygen atoms in total. The fraction of sp³-hybridized carbons (Fsp3) is 0.286. The fourth-order valence-electron chi connectivity index (χ4n) is 3.30. The lowest BCUT2D eigenvalue weighted by Crippen LogP contribution is -2.44. The van der Waals surface area contributed by atoms with Gasteiger partial charge in [-0.25, -0.2) is 9.78 Å². The molecule has 3 amide bonds. The summed E-state index contributed by atoms with van der Waals surface area (Å²) in [4.78, 5) is 31.9. The highest BCUT2D eigenvalue weighted by Crippen LogP contribution is 2.27. The highest BCUT2D eigenvalue weighted by molar-refractivity contribution is 7.13. The summed E-state index contributed by atoms with van der Waals surface area (Å²) in [6.07, 6.45) is 2.65. The maximum absolute atomic E-state index is 13.0. The van der Waals surface area contributed by atoms with Gasteiger partial charge in [0, 0.05) is 0 Å². The minimum absolute atomic E-state index is 0.0810. The number of carbonyl (C=O) groups excluding carboxylic acids is 2. The number of hydrogen-bond acceptors (Lipinski definition) is 6. The molecule has 2 aromatic heterocycles. The van der Waals surface area contributed by atoms with Gasteiger partial charge in [0.1, 0.15) is 17.6 Å². The number of carbonyl (C=O) groups is 2. The predicted molar refractivity (Wildman–Crippen MR) is 109 cm³/mol. The second-order valence-corrected chi connectivity index (χ2v) is 8.07. The molecule has 1 aliphatic heterocycles. The van der Waals surface area contributed by atoms with Crippen molar-refractivity contribution >= 4 is 23.3 Å². The van der Waals surface area contributed by atoms with Gasteiger partial charge in [-0.1, -0.05) is 18.2 Å². The minimum Gasteiger partial charge on any atom is -0.497 e. The van der Waals surface area contributed by atoms with Crippen LogP contribution in [0.15, 0.2) is 52.5 Å². The normalized spacial score (nSPS) is 18.9. The average Bonchev–Trinajstić information content (AvgIpc) is 3.45. The van der Waals surface area contributed by atoms with Gasteiger partial charge in [-0.2, -0.15) is 0 Å². The van der Waals surface area contributed by atoms with Crippen molar-refractivity contribution in [2.75, 3.05) is 7.11 Å². The summed E-state index contributed by atoms with van der Waals surface area (Å²) in [6.45, 7) is 1.84. The van der Waals surface area contributed by atoms with E-state index in [-0.39, 0.29) is 12.5 Å². The molecule has 0 spiro atoms. The fourth-order valence-corrected chi connectivity index (χ4v) is 3.96. The highest BCUT2D eigenvalue weighted by atomic mass is 32.1. The first kappa shape index (κ1) is 19.2. The largest absolute Gasteiger partial charge is 0.497 e. The van der Waals surface area contributed by atoms with Crippen molar-refractivity contribution in [3.63, 3.8) is 0 Å². The van der Waals surface area contributed by atoms with Gasteiger partial charge in [-0.15, -0.1) is 11.3 Å². The predicted octanol–water partition coefficient (Wildman–Crippen LogP) is 3.86. The molecule has 150 valence electrons. The molecule has 1 saturated heterocycles. The number of methoxy groups -OCH3 is 1. The zero-order valence-corrected chi connectivity index (χ0v) is 17.0. The number of amides is 3. The maximum Gasteiger partial charge on any atom is 0.325 e. The molecule has 3 heterocycles. The average molecular weight is 411 g/mol. The molecule has 0 aliphatic carbocycles. The third-order valence-electron chi connectivity index (χ3n) is 5.02. The van der Waals surface area contributed by atoms with E-state index in [0.717, 1.165) is 16.2 Å². The number of rotatable bonds is 7. The van der Waals surface area contributed by atoms with Crippen LogP contribution in [0.3, 0.4) is 0 Å². The van der Waals surface area contributed by atoms with Gasteiger partial charge in [-0.05, 0) is 48.9 Å². The van der Waals surface area contributed by atoms with Gasteiger partial charge in [0.05, 0.1) is 24.2 Å². The molecule has 8 heteroatoms. The summed E-state index contributed by atoms with van der Waals surface area (Å²) in [5, 5.41) is 4.77. The summed E-state index contributed by atoms with van der Waals surface area (Å²) < 4.78 is 10.6. The number of thiophene rings is 1. The molecule has 29 heavy (non-hydrogen) atoms. The van der Waals surface area contributed by atoms with Crippen LogP contribution in [0.2, 0.25) is 0 Å². The monoisotopic (exact) mass is 411 g/mol. The second kappa shape index (κ2) is 7.71. The van der Waals surface area contributed by atoms with E-state index < -0.39 is 11.6 Å². The van der Waals surface area contributed by atoms with Crippen LogP contribution in [0.25, 0.3) is 10.8 Å². The van der Waals surface area contributed by atoms with Crippen LogP contribution in [0.1, 0.15) is 24.6 Å². The molecule has 3 aromatic rings. The van der Waals surface area contributed by atoms with Crippen molar-refractivity contribution in [2.24, 2.45) is 0 Å². The molecule has 0 saturated carbocycles. The molecule has 1 aromatic carbocycles. The number of imide groups is 1. The van der Waals surface area contributed by atoms with Crippen molar-refractivity contribution in [3.05, 3.63) is 59.3 Å². The maximum atomic E-state index is 13.0. The molecule has 0 radical (unpaired) electrons. The van der Waals surface area contributed by atoms with E-state index >= 15 is 0 Å². The Morgan fingerprint density at radius 2 is 2.03 bits per heavy atom. The number of hydrogen-bond donors (Lipinski definition) is 1. The Morgan fingerprint density at radius 3 is 2.72 bits per heavy atom. The van der Waals surface area contributed by atoms with Crippen molar-refractivity contribution < 1.29 is 18.7 Å². The van der Waals surface area contributed by atoms with Crippen LogP contribution < -0.4 is 10.1 Å². The number of nitrogens with zero attached hydrogens (tertiary/aromatic N) is 2. The van der Waals surface area contributed by atoms with E-state index in [1.807, 2.05) is 41.8 Å². The number of benzene rings is 1. The molecule has 1 atom stereocenters. The Labute approximate surface area is 172 Å². The van der Waals surface area contributed by atoms with E-state index in [4.69, 9.17) is 9.15 Å². The zero-order valence-electron chi connectivity index (χ0n) is 16.2. The van der Waals surface area contributed by atoms with Crippen LogP contribution in [0.5, 0.6) is 5.75 Å². The second-order valence-electron chi connectivity index (χ2n) is 7.12. The Hall–Kier alpha value is -3.13. The van der Waals surface area contributed by atoms with E-state index in [2.05, 4.69) is 10.3 Å². The number of aromatic nitrogens is 1. The van der Waals surface area contributed by atoms with Gasteiger partial charge >= 0.3 is 6.03 Å². The lowest BCUT2D eigenvalue weighted by molar-refractivity contribution is -0.131. The van der Waals surface area contributed by atoms with Gasteiger partial charge < -0.3 is 14.5 Å². The molecule has 0 bridgehead atoms. The van der Waals surface area contributed by atoms with Crippen LogP contribution in [0, 0.1) is 0 Å². The molecule has 0 unspecified atom stereocenters. The topological polar surface area (TPSA) is 84.7 Å². The summed E-state index contributed by atoms with van der Waals surface area (Å²) in [7, 11) is 1.62. The first-order valence-electron chi connectivity index (χ1n) is 9.24. The summed E-state index contributed by atoms with van der Waals surface area (Å²) in [5.74, 6) is 1.02. The van der Waals surface area contributed by atoms with Gasteiger partial charge in [0.15, 0.2) is 0 Å². The van der Waals surface area contributed by atoms with Crippen LogP contribution >= 0.6 is 11.3 Å². The quantitative estimate of drug-likeness (QED) is 0.597. The molecular weight excluding hydrogens is 390 g/mol. The van der Waals surface area contributed by atoms with Crippen LogP contribution in [-0.4, -0.2) is 34.5 Å². The standard InChI is InChI=1S/C21H21N3O4S/c1-21(10-9-14-5-7-16(27-2)8-6-14)19(25)24(20(26)23-21)12-15-13-28-18(22-15)17-4-3-11-29-17/h3-8,11,13H,9-10,12H2,1-2H3,(H,23,26)/t21-/m0/s1. The Kier molecular flexibility index (Phi) is 5.10. The summed E-state index contributed by atoms with van der Waals surface area (Å²) >= 11 is 1.52. The van der Waals surface area contributed by atoms with Gasteiger partial charge in [0.2, 0.25) is 5.89 Å². The third-order valence-corrected chi connectivity index (χ3v) is 5.88. The molecule has 1 aliphatic rings. The Bertz CT molecular complexity index is 1010. The highest BCUT2D eigenvalue weighted by Gasteiger charge is 2.47. The van der Waals surface area contributed by atoms with E-state index in [0.29, 0.717) is 24.4 Å². The SMILES string of the molecule is COc1ccc(CC[C@]2(C)NC(=O)N(Cc3coc(-c4cccs4)n3)C2=O)cc1. The Balaban J connectivity index is 1.42. The number of nitrogens with one attached hydrogen (secondary N) is 1. The number of ether oxygens (including phenoxy) is 1. The van der Waals surface area contributed by atoms with Crippen molar-refractivity contribution in [3.8, 4) is 16.5 Å². The third kappa shape index (κ3) is 3.88. The number of aryl methyl sites for hydroxylation is 1. The van der Waals surface area contributed by atoms with E-state index in [9.17, 15) is 9.59 Å². The molecule has 4 rings (SSSR count). The first-order chi connectivity index (χ1) is 14.0. The van der Waals surface area contributed by atoms with Crippen LogP contribution in [0.4, 0.5) is 4.79 Å². The lowest BCUT2D eigenvalue weighted by Gasteiger charge is -2.21. The summed E-state index contributed by atoms with van der Waals surface area (Å²) in [5.41, 5.74) is 0.665. The first-order valence-corrected chi connectivity index (χ1v) is 10.1. The molecule has 1 fully saturated rings. The van der Waals surface area contributed by atoms with Gasteiger partial charge in [-0.3, -0.25) is 9.69 Å². The van der Waals surface area contributed by atoms with Gasteiger partial charge in [0.25, 0.3) is 5.91 Å². The number of oxazole rings is 1. The van der Waals surface area contributed by atoms with E-state index in [1.54, 1.807) is 14.0 Å². The zero-order chi connectivity index (χ0) is 20.4. The Morgan fingerprint density at radius 1 is 1.24 bits per heavy atom. The van der Waals surface area contributed by atoms with Crippen molar-refractivity contribution in [1.82, 2.24) is 15.2 Å². The molecule has 1 N–H and O–H groups in total. The van der Waals surface area contributed by atoms with E-state index in [1.165, 1.54) is 22.5 Å². The van der Waals surface area contributed by atoms with Crippen LogP contribution in [-0.2, 0) is 17.8 Å². The van der Waals surface area contributed by atoms with Crippen molar-refractivity contribution in [2.45, 2.75) is 31.8 Å². The molecular formula is C21H21N3O4S. The lowest BCUT2D eigenvalue weighted by atomic mass is 9.93. The minimum atomic E-state index is -0.947. The number of urea groups is 1.